The molecule has 4 aliphatic rings. The Morgan fingerprint density at radius 2 is 2.00 bits per heavy atom. The van der Waals surface area contributed by atoms with Crippen molar-refractivity contribution in [3.63, 3.8) is 0 Å². The van der Waals surface area contributed by atoms with Crippen LogP contribution in [0.25, 0.3) is 10.9 Å². The van der Waals surface area contributed by atoms with E-state index in [4.69, 9.17) is 15.1 Å². The van der Waals surface area contributed by atoms with Gasteiger partial charge in [-0.15, -0.1) is 0 Å². The predicted octanol–water partition coefficient (Wildman–Crippen LogP) is 2.78. The Balaban J connectivity index is 1.48. The van der Waals surface area contributed by atoms with Crippen LogP contribution in [0.2, 0.25) is 0 Å². The van der Waals surface area contributed by atoms with Gasteiger partial charge in [0.15, 0.2) is 0 Å². The number of hydrogen-bond donors (Lipinski definition) is 1. The molecule has 0 amide bonds. The second-order valence-corrected chi connectivity index (χ2v) is 8.12. The number of aliphatic carboxylic acids is 1. The number of hydrogen-bond acceptors (Lipinski definition) is 5. The number of carboxylic acids is 1. The third kappa shape index (κ3) is 2.42. The highest BCUT2D eigenvalue weighted by atomic mass is 16.4. The maximum absolute atomic E-state index is 11.1. The van der Waals surface area contributed by atoms with Crippen molar-refractivity contribution in [2.75, 3.05) is 29.4 Å². The number of rotatable bonds is 4. The molecule has 3 aliphatic heterocycles. The summed E-state index contributed by atoms with van der Waals surface area (Å²) in [6, 6.07) is 8.73. The van der Waals surface area contributed by atoms with Crippen LogP contribution in [0.1, 0.15) is 26.2 Å². The van der Waals surface area contributed by atoms with Crippen LogP contribution in [0.5, 0.6) is 0 Å². The number of benzene rings is 1. The summed E-state index contributed by atoms with van der Waals surface area (Å²) < 4.78 is 0. The van der Waals surface area contributed by atoms with Crippen LogP contribution in [-0.4, -0.2) is 46.7 Å². The Bertz CT molecular complexity index is 858. The van der Waals surface area contributed by atoms with Gasteiger partial charge in [0, 0.05) is 37.5 Å². The van der Waals surface area contributed by atoms with Crippen molar-refractivity contribution < 1.29 is 9.90 Å². The molecule has 4 fully saturated rings. The van der Waals surface area contributed by atoms with Crippen molar-refractivity contribution in [2.45, 2.75) is 32.2 Å². The van der Waals surface area contributed by atoms with Crippen LogP contribution in [0, 0.1) is 17.8 Å². The zero-order valence-corrected chi connectivity index (χ0v) is 15.0. The first-order chi connectivity index (χ1) is 12.6. The Morgan fingerprint density at radius 1 is 1.23 bits per heavy atom. The highest BCUT2D eigenvalue weighted by Gasteiger charge is 2.47. The Morgan fingerprint density at radius 3 is 2.65 bits per heavy atom. The number of nitrogens with zero attached hydrogens (tertiary/aromatic N) is 4. The average Bonchev–Trinajstić information content (AvgIpc) is 2.64. The zero-order valence-electron chi connectivity index (χ0n) is 15.0. The molecule has 136 valence electrons. The van der Waals surface area contributed by atoms with Crippen LogP contribution < -0.4 is 9.80 Å². The fourth-order valence-corrected chi connectivity index (χ4v) is 4.93. The van der Waals surface area contributed by atoms with Gasteiger partial charge in [-0.25, -0.2) is 4.98 Å². The molecular weight excluding hydrogens is 328 g/mol. The fourth-order valence-electron chi connectivity index (χ4n) is 4.93. The summed E-state index contributed by atoms with van der Waals surface area (Å²) in [4.78, 5) is 25.5. The smallest absolute Gasteiger partial charge is 0.303 e. The summed E-state index contributed by atoms with van der Waals surface area (Å²) in [6.07, 6.45) is 2.66. The molecule has 3 saturated heterocycles. The number of fused-ring (bicyclic) bond motifs is 3. The van der Waals surface area contributed by atoms with E-state index in [0.29, 0.717) is 30.2 Å². The maximum atomic E-state index is 11.1. The van der Waals surface area contributed by atoms with Crippen LogP contribution in [0.4, 0.5) is 11.8 Å². The molecule has 0 spiro atoms. The molecular formula is C20H24N4O2. The minimum atomic E-state index is -0.667. The molecule has 1 aliphatic carbocycles. The maximum Gasteiger partial charge on any atom is 0.303 e. The first-order valence-electron chi connectivity index (χ1n) is 9.60. The average molecular weight is 352 g/mol. The molecule has 1 N–H and O–H groups in total. The molecule has 0 radical (unpaired) electrons. The number of aromatic nitrogens is 2. The molecule has 6 nitrogen and oxygen atoms in total. The largest absolute Gasteiger partial charge is 0.481 e. The lowest BCUT2D eigenvalue weighted by molar-refractivity contribution is -0.141. The van der Waals surface area contributed by atoms with Gasteiger partial charge in [-0.05, 0) is 49.7 Å². The second kappa shape index (κ2) is 5.83. The van der Waals surface area contributed by atoms with Crippen LogP contribution in [0.15, 0.2) is 24.3 Å². The Kier molecular flexibility index (Phi) is 3.55. The van der Waals surface area contributed by atoms with E-state index in [2.05, 4.69) is 28.9 Å². The van der Waals surface area contributed by atoms with E-state index in [9.17, 15) is 4.79 Å². The molecule has 6 heteroatoms. The number of anilines is 2. The molecule has 4 heterocycles. The van der Waals surface area contributed by atoms with E-state index in [1.165, 1.54) is 6.42 Å². The normalized spacial score (nSPS) is 30.0. The molecule has 1 aromatic carbocycles. The van der Waals surface area contributed by atoms with E-state index in [1.807, 2.05) is 12.1 Å². The van der Waals surface area contributed by atoms with Gasteiger partial charge in [-0.1, -0.05) is 12.1 Å². The summed E-state index contributed by atoms with van der Waals surface area (Å²) in [5.41, 5.74) is 0.993. The molecule has 6 rings (SSSR count). The first-order valence-corrected chi connectivity index (χ1v) is 9.60. The fraction of sp³-hybridized carbons (Fsp3) is 0.550. The SMILES string of the molecule is C[C@H]1CCN1c1nc(N2C[C@H]3C[C@@H](C2)C3CC(=O)O)c2ccccc2n1. The van der Waals surface area contributed by atoms with Crippen LogP contribution in [0.3, 0.4) is 0 Å². The van der Waals surface area contributed by atoms with E-state index in [1.54, 1.807) is 0 Å². The number of piperidine rings is 2. The lowest BCUT2D eigenvalue weighted by Gasteiger charge is -2.54. The van der Waals surface area contributed by atoms with Gasteiger partial charge in [0.2, 0.25) is 5.95 Å². The van der Waals surface area contributed by atoms with E-state index < -0.39 is 5.97 Å². The van der Waals surface area contributed by atoms with Gasteiger partial charge >= 0.3 is 5.97 Å². The lowest BCUT2D eigenvalue weighted by atomic mass is 9.60. The molecule has 26 heavy (non-hydrogen) atoms. The Hall–Kier alpha value is -2.37. The third-order valence-corrected chi connectivity index (χ3v) is 6.58. The van der Waals surface area contributed by atoms with E-state index >= 15 is 0 Å². The molecule has 1 unspecified atom stereocenters. The van der Waals surface area contributed by atoms with Gasteiger partial charge in [0.25, 0.3) is 0 Å². The zero-order chi connectivity index (χ0) is 17.8. The molecule has 1 aromatic heterocycles. The second-order valence-electron chi connectivity index (χ2n) is 8.12. The predicted molar refractivity (Wildman–Crippen MR) is 101 cm³/mol. The topological polar surface area (TPSA) is 69.6 Å². The number of para-hydroxylation sites is 1. The quantitative estimate of drug-likeness (QED) is 0.912. The summed E-state index contributed by atoms with van der Waals surface area (Å²) in [5.74, 6) is 2.48. The van der Waals surface area contributed by atoms with Crippen LogP contribution in [-0.2, 0) is 4.79 Å². The molecule has 1 saturated carbocycles. The summed E-state index contributed by atoms with van der Waals surface area (Å²) >= 11 is 0. The van der Waals surface area contributed by atoms with Crippen molar-refractivity contribution in [1.29, 1.82) is 0 Å². The first kappa shape index (κ1) is 15.9. The lowest BCUT2D eigenvalue weighted by Crippen LogP contribution is -2.56. The summed E-state index contributed by atoms with van der Waals surface area (Å²) in [7, 11) is 0. The van der Waals surface area contributed by atoms with Crippen LogP contribution >= 0.6 is 0 Å². The number of carbonyl (C=O) groups is 1. The van der Waals surface area contributed by atoms with E-state index in [0.717, 1.165) is 48.7 Å². The highest BCUT2D eigenvalue weighted by Crippen LogP contribution is 2.48. The summed E-state index contributed by atoms with van der Waals surface area (Å²) in [5, 5.41) is 10.2. The summed E-state index contributed by atoms with van der Waals surface area (Å²) in [6.45, 7) is 5.05. The number of carboxylic acid groups (broad SMARTS) is 1. The van der Waals surface area contributed by atoms with E-state index in [-0.39, 0.29) is 0 Å². The van der Waals surface area contributed by atoms with Crippen molar-refractivity contribution in [3.8, 4) is 0 Å². The van der Waals surface area contributed by atoms with Gasteiger partial charge in [-0.2, -0.15) is 4.98 Å². The third-order valence-electron chi connectivity index (χ3n) is 6.58. The minimum absolute atomic E-state index is 0.310. The monoisotopic (exact) mass is 352 g/mol. The molecule has 2 aromatic rings. The van der Waals surface area contributed by atoms with Gasteiger partial charge < -0.3 is 14.9 Å². The van der Waals surface area contributed by atoms with Gasteiger partial charge in [-0.3, -0.25) is 4.79 Å². The van der Waals surface area contributed by atoms with Crippen molar-refractivity contribution in [1.82, 2.24) is 9.97 Å². The standard InChI is InChI=1S/C20H24N4O2/c1-12-6-7-24(12)20-21-17-5-3-2-4-15(17)19(22-20)23-10-13-8-14(11-23)16(13)9-18(25)26/h2-5,12-14,16H,6-11H2,1H3,(H,25,26)/t12-,13-,14+,16?/m0/s1. The van der Waals surface area contributed by atoms with Gasteiger partial charge in [0.1, 0.15) is 5.82 Å². The highest BCUT2D eigenvalue weighted by molar-refractivity contribution is 5.90. The molecule has 2 bridgehead atoms. The van der Waals surface area contributed by atoms with Crippen molar-refractivity contribution >= 4 is 28.6 Å². The minimum Gasteiger partial charge on any atom is -0.481 e. The van der Waals surface area contributed by atoms with Crippen molar-refractivity contribution in [2.24, 2.45) is 17.8 Å². The molecule has 4 atom stereocenters. The van der Waals surface area contributed by atoms with Crippen molar-refractivity contribution in [3.05, 3.63) is 24.3 Å². The Labute approximate surface area is 152 Å². The van der Waals surface area contributed by atoms with Gasteiger partial charge in [0.05, 0.1) is 5.52 Å².